The van der Waals surface area contributed by atoms with Gasteiger partial charge in [0.25, 0.3) is 0 Å². The van der Waals surface area contributed by atoms with E-state index in [0.717, 1.165) is 0 Å². The number of hydrogen-bond donors (Lipinski definition) is 3. The molecule has 0 fully saturated rings. The highest BCUT2D eigenvalue weighted by Gasteiger charge is 2.09. The number of halogens is 1. The van der Waals surface area contributed by atoms with E-state index in [0.29, 0.717) is 0 Å². The van der Waals surface area contributed by atoms with Crippen LogP contribution in [0.15, 0.2) is 18.2 Å². The molecule has 0 aliphatic rings. The molecule has 0 aliphatic heterocycles. The number of aromatic carboxylic acids is 1. The van der Waals surface area contributed by atoms with Crippen molar-refractivity contribution in [1.82, 2.24) is 5.32 Å². The quantitative estimate of drug-likeness (QED) is 0.718. The molecule has 3 N–H and O–H groups in total. The summed E-state index contributed by atoms with van der Waals surface area (Å²) in [6, 6.07) is 3.37. The second-order valence-electron chi connectivity index (χ2n) is 3.71. The first kappa shape index (κ1) is 15.8. The van der Waals surface area contributed by atoms with Crippen LogP contribution in [0.5, 0.6) is 0 Å². The van der Waals surface area contributed by atoms with Crippen LogP contribution in [0.4, 0.5) is 10.5 Å². The number of carbonyl (C=O) groups is 3. The second-order valence-corrected chi connectivity index (χ2v) is 4.11. The van der Waals surface area contributed by atoms with E-state index < -0.39 is 18.0 Å². The summed E-state index contributed by atoms with van der Waals surface area (Å²) in [6.45, 7) is 0.114. The number of carboxylic acids is 1. The van der Waals surface area contributed by atoms with Crippen molar-refractivity contribution in [2.24, 2.45) is 0 Å². The molecule has 7 nitrogen and oxygen atoms in total. The highest BCUT2D eigenvalue weighted by molar-refractivity contribution is 6.34. The van der Waals surface area contributed by atoms with Crippen molar-refractivity contribution in [2.75, 3.05) is 19.0 Å². The molecule has 0 saturated heterocycles. The normalized spacial score (nSPS) is 9.70. The van der Waals surface area contributed by atoms with Crippen LogP contribution < -0.4 is 10.6 Å². The molecule has 1 aromatic rings. The van der Waals surface area contributed by atoms with Crippen LogP contribution in [0.3, 0.4) is 0 Å². The first-order chi connectivity index (χ1) is 9.43. The number of carboxylic acid groups (broad SMARTS) is 1. The molecule has 0 unspecified atom stereocenters. The van der Waals surface area contributed by atoms with Crippen molar-refractivity contribution < 1.29 is 24.2 Å². The van der Waals surface area contributed by atoms with Gasteiger partial charge in [0.05, 0.1) is 29.8 Å². The largest absolute Gasteiger partial charge is 0.478 e. The van der Waals surface area contributed by atoms with Crippen LogP contribution in [-0.4, -0.2) is 36.7 Å². The lowest BCUT2D eigenvalue weighted by atomic mass is 10.2. The Balaban J connectivity index is 2.54. The second kappa shape index (κ2) is 7.34. The smallest absolute Gasteiger partial charge is 0.335 e. The lowest BCUT2D eigenvalue weighted by Gasteiger charge is -2.09. The molecule has 0 aromatic heterocycles. The van der Waals surface area contributed by atoms with E-state index >= 15 is 0 Å². The van der Waals surface area contributed by atoms with Gasteiger partial charge >= 0.3 is 18.0 Å². The number of rotatable bonds is 5. The lowest BCUT2D eigenvalue weighted by Crippen LogP contribution is -2.30. The molecule has 1 rings (SSSR count). The fraction of sp³-hybridized carbons (Fsp3) is 0.250. The molecule has 1 aromatic carbocycles. The van der Waals surface area contributed by atoms with Gasteiger partial charge in [-0.2, -0.15) is 0 Å². The SMILES string of the molecule is COC(=O)CCNC(=O)Nc1ccc(C(=O)O)cc1Cl. The molecule has 2 amide bonds. The summed E-state index contributed by atoms with van der Waals surface area (Å²) in [7, 11) is 1.26. The zero-order valence-corrected chi connectivity index (χ0v) is 11.4. The molecule has 0 saturated carbocycles. The Kier molecular flexibility index (Phi) is 5.79. The molecule has 20 heavy (non-hydrogen) atoms. The number of carbonyl (C=O) groups excluding carboxylic acids is 2. The summed E-state index contributed by atoms with van der Waals surface area (Å²) in [6.07, 6.45) is 0.0512. The fourth-order valence-corrected chi connectivity index (χ4v) is 1.52. The molecule has 0 radical (unpaired) electrons. The molecule has 0 heterocycles. The third-order valence-electron chi connectivity index (χ3n) is 2.31. The first-order valence-corrected chi connectivity index (χ1v) is 5.96. The van der Waals surface area contributed by atoms with Crippen molar-refractivity contribution in [2.45, 2.75) is 6.42 Å². The average Bonchev–Trinajstić information content (AvgIpc) is 2.40. The number of ether oxygens (including phenoxy) is 1. The highest BCUT2D eigenvalue weighted by atomic mass is 35.5. The molecule has 0 atom stereocenters. The number of esters is 1. The predicted octanol–water partition coefficient (Wildman–Crippen LogP) is 1.72. The minimum atomic E-state index is -1.11. The van der Waals surface area contributed by atoms with Crippen LogP contribution in [0.1, 0.15) is 16.8 Å². The molecular formula is C12H13ClN2O5. The maximum atomic E-state index is 11.5. The van der Waals surface area contributed by atoms with Gasteiger partial charge in [0.2, 0.25) is 0 Å². The monoisotopic (exact) mass is 300 g/mol. The van der Waals surface area contributed by atoms with Crippen molar-refractivity contribution >= 4 is 35.3 Å². The Labute approximate surface area is 119 Å². The fourth-order valence-electron chi connectivity index (χ4n) is 1.30. The minimum absolute atomic E-state index is 0.0200. The zero-order valence-electron chi connectivity index (χ0n) is 10.6. The zero-order chi connectivity index (χ0) is 15.1. The Morgan fingerprint density at radius 1 is 1.35 bits per heavy atom. The molecular weight excluding hydrogens is 288 g/mol. The number of amides is 2. The molecule has 0 bridgehead atoms. The van der Waals surface area contributed by atoms with E-state index in [-0.39, 0.29) is 29.2 Å². The van der Waals surface area contributed by atoms with E-state index in [9.17, 15) is 14.4 Å². The number of anilines is 1. The van der Waals surface area contributed by atoms with Gasteiger partial charge in [-0.05, 0) is 18.2 Å². The van der Waals surface area contributed by atoms with Gasteiger partial charge in [-0.25, -0.2) is 9.59 Å². The summed E-state index contributed by atoms with van der Waals surface area (Å²) in [5.74, 6) is -1.55. The Hall–Kier alpha value is -2.28. The van der Waals surface area contributed by atoms with Gasteiger partial charge in [-0.1, -0.05) is 11.6 Å². The van der Waals surface area contributed by atoms with Crippen molar-refractivity contribution in [3.8, 4) is 0 Å². The van der Waals surface area contributed by atoms with E-state index in [1.807, 2.05) is 0 Å². The Morgan fingerprint density at radius 2 is 2.05 bits per heavy atom. The third kappa shape index (κ3) is 4.77. The number of nitrogens with one attached hydrogen (secondary N) is 2. The number of hydrogen-bond acceptors (Lipinski definition) is 4. The van der Waals surface area contributed by atoms with Crippen LogP contribution in [0.2, 0.25) is 5.02 Å². The van der Waals surface area contributed by atoms with E-state index in [1.54, 1.807) is 0 Å². The molecule has 0 spiro atoms. The number of benzene rings is 1. The Bertz CT molecular complexity index is 533. The minimum Gasteiger partial charge on any atom is -0.478 e. The summed E-state index contributed by atoms with van der Waals surface area (Å²) in [5, 5.41) is 13.8. The summed E-state index contributed by atoms with van der Waals surface area (Å²) in [4.78, 5) is 33.1. The van der Waals surface area contributed by atoms with Crippen LogP contribution >= 0.6 is 11.6 Å². The van der Waals surface area contributed by atoms with Crippen molar-refractivity contribution in [1.29, 1.82) is 0 Å². The van der Waals surface area contributed by atoms with Crippen molar-refractivity contribution in [3.05, 3.63) is 28.8 Å². The van der Waals surface area contributed by atoms with Gasteiger partial charge in [-0.3, -0.25) is 4.79 Å². The maximum Gasteiger partial charge on any atom is 0.335 e. The van der Waals surface area contributed by atoms with Gasteiger partial charge < -0.3 is 20.5 Å². The van der Waals surface area contributed by atoms with Gasteiger partial charge in [0.15, 0.2) is 0 Å². The summed E-state index contributed by atoms with van der Waals surface area (Å²) >= 11 is 5.84. The van der Waals surface area contributed by atoms with Crippen LogP contribution in [0, 0.1) is 0 Å². The van der Waals surface area contributed by atoms with E-state index in [2.05, 4.69) is 15.4 Å². The predicted molar refractivity (Wildman–Crippen MR) is 72.1 cm³/mol. The van der Waals surface area contributed by atoms with Gasteiger partial charge in [0.1, 0.15) is 0 Å². The van der Waals surface area contributed by atoms with Crippen LogP contribution in [-0.2, 0) is 9.53 Å². The lowest BCUT2D eigenvalue weighted by molar-refractivity contribution is -0.140. The van der Waals surface area contributed by atoms with Gasteiger partial charge in [0, 0.05) is 6.54 Å². The van der Waals surface area contributed by atoms with E-state index in [1.165, 1.54) is 25.3 Å². The molecule has 8 heteroatoms. The van der Waals surface area contributed by atoms with Crippen LogP contribution in [0.25, 0.3) is 0 Å². The summed E-state index contributed by atoms with van der Waals surface area (Å²) in [5.41, 5.74) is 0.291. The van der Waals surface area contributed by atoms with Gasteiger partial charge in [-0.15, -0.1) is 0 Å². The third-order valence-corrected chi connectivity index (χ3v) is 2.62. The highest BCUT2D eigenvalue weighted by Crippen LogP contribution is 2.22. The molecule has 108 valence electrons. The van der Waals surface area contributed by atoms with Crippen molar-refractivity contribution in [3.63, 3.8) is 0 Å². The average molecular weight is 301 g/mol. The molecule has 0 aliphatic carbocycles. The summed E-state index contributed by atoms with van der Waals surface area (Å²) < 4.78 is 4.42. The van der Waals surface area contributed by atoms with E-state index in [4.69, 9.17) is 16.7 Å². The first-order valence-electron chi connectivity index (χ1n) is 5.58. The standard InChI is InChI=1S/C12H13ClN2O5/c1-20-10(16)4-5-14-12(19)15-9-3-2-7(11(17)18)6-8(9)13/h2-3,6H,4-5H2,1H3,(H,17,18)(H2,14,15,19). The number of urea groups is 1. The number of methoxy groups -OCH3 is 1. The topological polar surface area (TPSA) is 105 Å². The maximum absolute atomic E-state index is 11.5. The Morgan fingerprint density at radius 3 is 2.60 bits per heavy atom.